The van der Waals surface area contributed by atoms with Crippen LogP contribution < -0.4 is 10.1 Å². The first-order valence-corrected chi connectivity index (χ1v) is 6.66. The van der Waals surface area contributed by atoms with Crippen LogP contribution in [-0.4, -0.2) is 11.1 Å². The molecule has 1 fully saturated rings. The van der Waals surface area contributed by atoms with Gasteiger partial charge in [-0.25, -0.2) is 0 Å². The van der Waals surface area contributed by atoms with Crippen molar-refractivity contribution in [3.8, 4) is 5.75 Å². The summed E-state index contributed by atoms with van der Waals surface area (Å²) in [7, 11) is 0. The van der Waals surface area contributed by atoms with E-state index in [2.05, 4.69) is 10.5 Å². The lowest BCUT2D eigenvalue weighted by Gasteiger charge is -2.06. The number of aromatic nitrogens is 1. The Hall–Kier alpha value is -2.30. The van der Waals surface area contributed by atoms with Gasteiger partial charge in [0.15, 0.2) is 5.76 Å². The molecule has 0 atom stereocenters. The van der Waals surface area contributed by atoms with Crippen molar-refractivity contribution < 1.29 is 14.1 Å². The number of ether oxygens (including phenoxy) is 1. The van der Waals surface area contributed by atoms with Gasteiger partial charge in [-0.2, -0.15) is 0 Å². The van der Waals surface area contributed by atoms with Gasteiger partial charge < -0.3 is 14.6 Å². The average molecular weight is 272 g/mol. The molecule has 1 aromatic heterocycles. The average Bonchev–Trinajstić information content (AvgIpc) is 3.22. The first-order valence-electron chi connectivity index (χ1n) is 6.66. The van der Waals surface area contributed by atoms with Crippen LogP contribution in [0.2, 0.25) is 0 Å². The zero-order chi connectivity index (χ0) is 13.9. The van der Waals surface area contributed by atoms with Gasteiger partial charge in [-0.15, -0.1) is 0 Å². The standard InChI is InChI=1S/C15H16N2O3/c1-10-8-14(20-17-10)9-19-13-6-4-12(5-7-13)16-15(18)11-2-3-11/h4-8,11H,2-3,9H2,1H3,(H,16,18). The summed E-state index contributed by atoms with van der Waals surface area (Å²) in [6, 6.07) is 9.16. The van der Waals surface area contributed by atoms with Gasteiger partial charge in [0.1, 0.15) is 12.4 Å². The molecule has 1 N–H and O–H groups in total. The molecular formula is C15H16N2O3. The molecular weight excluding hydrogens is 256 g/mol. The Kier molecular flexibility index (Phi) is 3.41. The maximum Gasteiger partial charge on any atom is 0.227 e. The van der Waals surface area contributed by atoms with Crippen LogP contribution in [0.1, 0.15) is 24.3 Å². The number of nitrogens with zero attached hydrogens (tertiary/aromatic N) is 1. The molecule has 5 heteroatoms. The van der Waals surface area contributed by atoms with Crippen molar-refractivity contribution in [3.05, 3.63) is 41.8 Å². The lowest BCUT2D eigenvalue weighted by atomic mass is 10.3. The van der Waals surface area contributed by atoms with Gasteiger partial charge in [0, 0.05) is 17.7 Å². The molecule has 0 saturated heterocycles. The normalized spacial score (nSPS) is 14.1. The summed E-state index contributed by atoms with van der Waals surface area (Å²) >= 11 is 0. The Labute approximate surface area is 116 Å². The van der Waals surface area contributed by atoms with Crippen molar-refractivity contribution in [2.45, 2.75) is 26.4 Å². The molecule has 1 aromatic carbocycles. The number of hydrogen-bond donors (Lipinski definition) is 1. The summed E-state index contributed by atoms with van der Waals surface area (Å²) in [6.45, 7) is 2.21. The number of nitrogens with one attached hydrogen (secondary N) is 1. The van der Waals surface area contributed by atoms with Crippen molar-refractivity contribution in [2.24, 2.45) is 5.92 Å². The number of anilines is 1. The Balaban J connectivity index is 1.54. The number of benzene rings is 1. The molecule has 5 nitrogen and oxygen atoms in total. The van der Waals surface area contributed by atoms with Gasteiger partial charge in [0.25, 0.3) is 0 Å². The lowest BCUT2D eigenvalue weighted by molar-refractivity contribution is -0.117. The number of carbonyl (C=O) groups is 1. The van der Waals surface area contributed by atoms with Gasteiger partial charge in [-0.05, 0) is 44.0 Å². The summed E-state index contributed by atoms with van der Waals surface area (Å²) in [5, 5.41) is 6.68. The zero-order valence-corrected chi connectivity index (χ0v) is 11.3. The quantitative estimate of drug-likeness (QED) is 0.909. The molecule has 1 amide bonds. The van der Waals surface area contributed by atoms with Gasteiger partial charge >= 0.3 is 0 Å². The molecule has 0 bridgehead atoms. The van der Waals surface area contributed by atoms with Gasteiger partial charge in [0.05, 0.1) is 5.69 Å². The zero-order valence-electron chi connectivity index (χ0n) is 11.3. The Morgan fingerprint density at radius 3 is 2.75 bits per heavy atom. The monoisotopic (exact) mass is 272 g/mol. The number of carbonyl (C=O) groups excluding carboxylic acids is 1. The van der Waals surface area contributed by atoms with Gasteiger partial charge in [-0.1, -0.05) is 5.16 Å². The van der Waals surface area contributed by atoms with Crippen LogP contribution in [0.15, 0.2) is 34.9 Å². The highest BCUT2D eigenvalue weighted by Gasteiger charge is 2.29. The predicted molar refractivity (Wildman–Crippen MR) is 73.4 cm³/mol. The molecule has 1 aliphatic carbocycles. The Morgan fingerprint density at radius 2 is 2.15 bits per heavy atom. The third-order valence-electron chi connectivity index (χ3n) is 3.13. The van der Waals surface area contributed by atoms with Crippen molar-refractivity contribution in [2.75, 3.05) is 5.32 Å². The summed E-state index contributed by atoms with van der Waals surface area (Å²) < 4.78 is 10.6. The first kappa shape index (κ1) is 12.7. The molecule has 0 radical (unpaired) electrons. The van der Waals surface area contributed by atoms with Crippen LogP contribution in [-0.2, 0) is 11.4 Å². The van der Waals surface area contributed by atoms with Crippen LogP contribution in [0.25, 0.3) is 0 Å². The summed E-state index contributed by atoms with van der Waals surface area (Å²) in [6.07, 6.45) is 2.01. The highest BCUT2D eigenvalue weighted by molar-refractivity contribution is 5.94. The van der Waals surface area contributed by atoms with Crippen molar-refractivity contribution in [1.82, 2.24) is 5.16 Å². The van der Waals surface area contributed by atoms with E-state index in [0.29, 0.717) is 12.4 Å². The minimum absolute atomic E-state index is 0.107. The van der Waals surface area contributed by atoms with Crippen LogP contribution in [0.3, 0.4) is 0 Å². The highest BCUT2D eigenvalue weighted by Crippen LogP contribution is 2.30. The lowest BCUT2D eigenvalue weighted by Crippen LogP contribution is -2.13. The molecule has 104 valence electrons. The largest absolute Gasteiger partial charge is 0.486 e. The smallest absolute Gasteiger partial charge is 0.227 e. The molecule has 20 heavy (non-hydrogen) atoms. The van der Waals surface area contributed by atoms with Crippen LogP contribution in [0.5, 0.6) is 5.75 Å². The summed E-state index contributed by atoms with van der Waals surface area (Å²) in [5.41, 5.74) is 1.63. The molecule has 1 heterocycles. The Morgan fingerprint density at radius 1 is 1.40 bits per heavy atom. The second kappa shape index (κ2) is 5.36. The number of rotatable bonds is 5. The third-order valence-corrected chi connectivity index (χ3v) is 3.13. The molecule has 0 unspecified atom stereocenters. The summed E-state index contributed by atoms with van der Waals surface area (Å²) in [4.78, 5) is 11.6. The van der Waals surface area contributed by atoms with E-state index in [1.807, 2.05) is 37.3 Å². The molecule has 1 saturated carbocycles. The first-order chi connectivity index (χ1) is 9.70. The van der Waals surface area contributed by atoms with Gasteiger partial charge in [-0.3, -0.25) is 4.79 Å². The topological polar surface area (TPSA) is 64.4 Å². The van der Waals surface area contributed by atoms with Gasteiger partial charge in [0.2, 0.25) is 5.91 Å². The maximum atomic E-state index is 11.6. The molecule has 0 aliphatic heterocycles. The molecule has 2 aromatic rings. The molecule has 3 rings (SSSR count). The second-order valence-corrected chi connectivity index (χ2v) is 5.01. The van der Waals surface area contributed by atoms with E-state index >= 15 is 0 Å². The minimum atomic E-state index is 0.107. The van der Waals surface area contributed by atoms with E-state index in [0.717, 1.165) is 30.0 Å². The van der Waals surface area contributed by atoms with E-state index in [1.54, 1.807) is 0 Å². The molecule has 1 aliphatic rings. The fraction of sp³-hybridized carbons (Fsp3) is 0.333. The SMILES string of the molecule is Cc1cc(COc2ccc(NC(=O)C3CC3)cc2)on1. The number of aryl methyl sites for hydroxylation is 1. The predicted octanol–water partition coefficient (Wildman–Crippen LogP) is 2.91. The number of amides is 1. The second-order valence-electron chi connectivity index (χ2n) is 5.01. The van der Waals surface area contributed by atoms with E-state index in [9.17, 15) is 4.79 Å². The number of hydrogen-bond acceptors (Lipinski definition) is 4. The van der Waals surface area contributed by atoms with Crippen molar-refractivity contribution in [3.63, 3.8) is 0 Å². The van der Waals surface area contributed by atoms with Crippen LogP contribution in [0, 0.1) is 12.8 Å². The Bertz CT molecular complexity index is 600. The van der Waals surface area contributed by atoms with Crippen molar-refractivity contribution >= 4 is 11.6 Å². The molecule has 0 spiro atoms. The van der Waals surface area contributed by atoms with Crippen LogP contribution in [0.4, 0.5) is 5.69 Å². The van der Waals surface area contributed by atoms with Crippen molar-refractivity contribution in [1.29, 1.82) is 0 Å². The van der Waals surface area contributed by atoms with E-state index < -0.39 is 0 Å². The fourth-order valence-corrected chi connectivity index (χ4v) is 1.86. The minimum Gasteiger partial charge on any atom is -0.486 e. The highest BCUT2D eigenvalue weighted by atomic mass is 16.5. The summed E-state index contributed by atoms with van der Waals surface area (Å²) in [5.74, 6) is 1.73. The third kappa shape index (κ3) is 3.17. The van der Waals surface area contributed by atoms with E-state index in [1.165, 1.54) is 0 Å². The fourth-order valence-electron chi connectivity index (χ4n) is 1.86. The van der Waals surface area contributed by atoms with E-state index in [4.69, 9.17) is 9.26 Å². The maximum absolute atomic E-state index is 11.6. The van der Waals surface area contributed by atoms with Crippen LogP contribution >= 0.6 is 0 Å². The van der Waals surface area contributed by atoms with E-state index in [-0.39, 0.29) is 11.8 Å².